The van der Waals surface area contributed by atoms with E-state index in [1.807, 2.05) is 31.2 Å². The van der Waals surface area contributed by atoms with Gasteiger partial charge in [-0.15, -0.1) is 0 Å². The van der Waals surface area contributed by atoms with Gasteiger partial charge in [0.2, 0.25) is 0 Å². The third-order valence-electron chi connectivity index (χ3n) is 5.27. The molecule has 0 N–H and O–H groups in total. The number of hydrogen-bond acceptors (Lipinski definition) is 3. The molecule has 0 atom stereocenters. The number of nitrogens with zero attached hydrogens (tertiary/aromatic N) is 1. The summed E-state index contributed by atoms with van der Waals surface area (Å²) in [4.78, 5) is 24.6. The summed E-state index contributed by atoms with van der Waals surface area (Å²) in [5.41, 5.74) is 4.23. The second kappa shape index (κ2) is 9.13. The minimum Gasteiger partial charge on any atom is -0.456 e. The van der Waals surface area contributed by atoms with Crippen molar-refractivity contribution < 1.29 is 13.9 Å². The van der Waals surface area contributed by atoms with Gasteiger partial charge in [-0.1, -0.05) is 25.6 Å². The van der Waals surface area contributed by atoms with Crippen LogP contribution in [0.25, 0.3) is 11.1 Å². The van der Waals surface area contributed by atoms with E-state index in [-0.39, 0.29) is 23.6 Å². The first-order chi connectivity index (χ1) is 14.7. The molecule has 3 aromatic rings. The standard InChI is InChI=1S/C26H26FNO3/c1-6-18-13-20(15-28(5)26(18)30)24-19(14-22(29)7-2)9-8-10-23(24)31-25-16(3)11-21(27)12-17(25)4/h7-13,15H,2,6,14H2,1,3-5H3. The van der Waals surface area contributed by atoms with Crippen LogP contribution in [0.3, 0.4) is 0 Å². The molecule has 0 saturated heterocycles. The van der Waals surface area contributed by atoms with E-state index in [9.17, 15) is 14.0 Å². The number of carbonyl (C=O) groups is 1. The van der Waals surface area contributed by atoms with Gasteiger partial charge in [0.1, 0.15) is 17.3 Å². The third-order valence-corrected chi connectivity index (χ3v) is 5.27. The first-order valence-corrected chi connectivity index (χ1v) is 10.2. The summed E-state index contributed by atoms with van der Waals surface area (Å²) in [7, 11) is 1.71. The van der Waals surface area contributed by atoms with Gasteiger partial charge in [-0.3, -0.25) is 9.59 Å². The zero-order valence-electron chi connectivity index (χ0n) is 18.3. The Morgan fingerprint density at radius 3 is 2.45 bits per heavy atom. The maximum Gasteiger partial charge on any atom is 0.253 e. The Hall–Kier alpha value is -3.47. The molecular formula is C26H26FNO3. The molecule has 31 heavy (non-hydrogen) atoms. The highest BCUT2D eigenvalue weighted by Gasteiger charge is 2.18. The Morgan fingerprint density at radius 1 is 1.16 bits per heavy atom. The maximum atomic E-state index is 13.8. The van der Waals surface area contributed by atoms with Crippen LogP contribution in [-0.4, -0.2) is 10.4 Å². The van der Waals surface area contributed by atoms with Crippen LogP contribution in [0.1, 0.15) is 29.2 Å². The van der Waals surface area contributed by atoms with Crippen LogP contribution in [0.15, 0.2) is 60.0 Å². The Balaban J connectivity index is 2.25. The summed E-state index contributed by atoms with van der Waals surface area (Å²) < 4.78 is 21.6. The van der Waals surface area contributed by atoms with E-state index in [4.69, 9.17) is 4.74 Å². The molecule has 5 heteroatoms. The van der Waals surface area contributed by atoms with E-state index < -0.39 is 0 Å². The molecule has 0 aliphatic heterocycles. The largest absolute Gasteiger partial charge is 0.456 e. The van der Waals surface area contributed by atoms with Crippen LogP contribution in [0, 0.1) is 19.7 Å². The number of pyridine rings is 1. The lowest BCUT2D eigenvalue weighted by Crippen LogP contribution is -2.20. The highest BCUT2D eigenvalue weighted by atomic mass is 19.1. The molecule has 0 saturated carbocycles. The van der Waals surface area contributed by atoms with Crippen molar-refractivity contribution in [2.75, 3.05) is 0 Å². The molecule has 0 aliphatic carbocycles. The van der Waals surface area contributed by atoms with Crippen LogP contribution < -0.4 is 10.3 Å². The normalized spacial score (nSPS) is 10.7. The van der Waals surface area contributed by atoms with Gasteiger partial charge in [-0.05, 0) is 67.3 Å². The van der Waals surface area contributed by atoms with Gasteiger partial charge < -0.3 is 9.30 Å². The lowest BCUT2D eigenvalue weighted by atomic mass is 9.95. The summed E-state index contributed by atoms with van der Waals surface area (Å²) in [5, 5.41) is 0. The Bertz CT molecular complexity index is 1200. The molecular weight excluding hydrogens is 393 g/mol. The van der Waals surface area contributed by atoms with E-state index in [0.717, 1.165) is 16.7 Å². The van der Waals surface area contributed by atoms with Gasteiger partial charge in [-0.2, -0.15) is 0 Å². The lowest BCUT2D eigenvalue weighted by Gasteiger charge is -2.19. The first kappa shape index (κ1) is 22.2. The molecule has 0 spiro atoms. The summed E-state index contributed by atoms with van der Waals surface area (Å²) >= 11 is 0. The molecule has 0 bridgehead atoms. The van der Waals surface area contributed by atoms with E-state index in [1.165, 1.54) is 18.2 Å². The van der Waals surface area contributed by atoms with Gasteiger partial charge in [-0.25, -0.2) is 4.39 Å². The third kappa shape index (κ3) is 4.66. The van der Waals surface area contributed by atoms with E-state index >= 15 is 0 Å². The van der Waals surface area contributed by atoms with Crippen LogP contribution in [-0.2, 0) is 24.7 Å². The molecule has 0 radical (unpaired) electrons. The topological polar surface area (TPSA) is 48.3 Å². The minimum absolute atomic E-state index is 0.0569. The predicted molar refractivity (Wildman–Crippen MR) is 121 cm³/mol. The Morgan fingerprint density at radius 2 is 1.84 bits per heavy atom. The number of hydrogen-bond donors (Lipinski definition) is 0. The molecule has 4 nitrogen and oxygen atoms in total. The highest BCUT2D eigenvalue weighted by Crippen LogP contribution is 2.39. The fourth-order valence-corrected chi connectivity index (χ4v) is 3.74. The Kier molecular flexibility index (Phi) is 6.54. The molecule has 2 aromatic carbocycles. The molecule has 3 rings (SSSR count). The number of aromatic nitrogens is 1. The SMILES string of the molecule is C=CC(=O)Cc1cccc(Oc2c(C)cc(F)cc2C)c1-c1cc(CC)c(=O)n(C)c1. The molecule has 0 unspecified atom stereocenters. The van der Waals surface area contributed by atoms with Crippen LogP contribution in [0.2, 0.25) is 0 Å². The first-order valence-electron chi connectivity index (χ1n) is 10.2. The van der Waals surface area contributed by atoms with Gasteiger partial charge >= 0.3 is 0 Å². The van der Waals surface area contributed by atoms with E-state index in [2.05, 4.69) is 6.58 Å². The second-order valence-corrected chi connectivity index (χ2v) is 7.63. The van der Waals surface area contributed by atoms with Crippen LogP contribution in [0.4, 0.5) is 4.39 Å². The molecule has 0 amide bonds. The summed E-state index contributed by atoms with van der Waals surface area (Å²) in [5.74, 6) is 0.662. The monoisotopic (exact) mass is 419 g/mol. The van der Waals surface area contributed by atoms with Crippen molar-refractivity contribution in [3.63, 3.8) is 0 Å². The number of allylic oxidation sites excluding steroid dienone is 1. The van der Waals surface area contributed by atoms with Gasteiger partial charge in [0.25, 0.3) is 5.56 Å². The molecule has 1 aromatic heterocycles. The van der Waals surface area contributed by atoms with Crippen molar-refractivity contribution in [3.05, 3.63) is 93.7 Å². The molecule has 0 fully saturated rings. The fraction of sp³-hybridized carbons (Fsp3) is 0.231. The van der Waals surface area contributed by atoms with Crippen molar-refractivity contribution in [1.82, 2.24) is 4.57 Å². The smallest absolute Gasteiger partial charge is 0.253 e. The molecule has 160 valence electrons. The van der Waals surface area contributed by atoms with E-state index in [1.54, 1.807) is 31.7 Å². The van der Waals surface area contributed by atoms with Crippen molar-refractivity contribution in [1.29, 1.82) is 0 Å². The van der Waals surface area contributed by atoms with Crippen LogP contribution in [0.5, 0.6) is 11.5 Å². The fourth-order valence-electron chi connectivity index (χ4n) is 3.74. The maximum absolute atomic E-state index is 13.8. The number of carbonyl (C=O) groups excluding carboxylic acids is 1. The molecule has 1 heterocycles. The average molecular weight is 419 g/mol. The number of benzene rings is 2. The number of ketones is 1. The number of aryl methyl sites for hydroxylation is 4. The number of rotatable bonds is 7. The second-order valence-electron chi connectivity index (χ2n) is 7.63. The van der Waals surface area contributed by atoms with Gasteiger partial charge in [0.15, 0.2) is 5.78 Å². The van der Waals surface area contributed by atoms with Gasteiger partial charge in [0, 0.05) is 36.4 Å². The zero-order chi connectivity index (χ0) is 22.7. The van der Waals surface area contributed by atoms with Crippen molar-refractivity contribution in [3.8, 4) is 22.6 Å². The Labute approximate surface area is 181 Å². The summed E-state index contributed by atoms with van der Waals surface area (Å²) in [6, 6.07) is 10.2. The van der Waals surface area contributed by atoms with Crippen molar-refractivity contribution in [2.45, 2.75) is 33.6 Å². The highest BCUT2D eigenvalue weighted by molar-refractivity contribution is 5.93. The summed E-state index contributed by atoms with van der Waals surface area (Å²) in [6.07, 6.45) is 3.78. The quantitative estimate of drug-likeness (QED) is 0.478. The number of ether oxygens (including phenoxy) is 1. The van der Waals surface area contributed by atoms with Crippen molar-refractivity contribution >= 4 is 5.78 Å². The van der Waals surface area contributed by atoms with Crippen molar-refractivity contribution in [2.24, 2.45) is 7.05 Å². The number of halogens is 1. The van der Waals surface area contributed by atoms with Gasteiger partial charge in [0.05, 0.1) is 0 Å². The average Bonchev–Trinajstić information content (AvgIpc) is 2.72. The lowest BCUT2D eigenvalue weighted by molar-refractivity contribution is -0.114. The predicted octanol–water partition coefficient (Wildman–Crippen LogP) is 5.46. The molecule has 0 aliphatic rings. The van der Waals surface area contributed by atoms with Crippen LogP contribution >= 0.6 is 0 Å². The zero-order valence-corrected chi connectivity index (χ0v) is 18.3. The summed E-state index contributed by atoms with van der Waals surface area (Å²) in [6.45, 7) is 9.08. The minimum atomic E-state index is -0.321. The van der Waals surface area contributed by atoms with E-state index in [0.29, 0.717) is 34.6 Å².